The average Bonchev–Trinajstić information content (AvgIpc) is 2.70. The summed E-state index contributed by atoms with van der Waals surface area (Å²) in [5.41, 5.74) is -0.193. The van der Waals surface area contributed by atoms with Crippen molar-refractivity contribution in [1.82, 2.24) is 14.2 Å². The Balaban J connectivity index is 2.47. The zero-order valence-corrected chi connectivity index (χ0v) is 11.7. The van der Waals surface area contributed by atoms with Crippen LogP contribution in [0.2, 0.25) is 4.34 Å². The molecule has 0 aliphatic heterocycles. The number of nitrogens with zero attached hydrogens (tertiary/aromatic N) is 4. The van der Waals surface area contributed by atoms with Crippen molar-refractivity contribution < 1.29 is 4.92 Å². The fraction of sp³-hybridized carbons (Fsp3) is 0.125. The van der Waals surface area contributed by atoms with Crippen LogP contribution in [-0.2, 0) is 6.54 Å². The average molecular weight is 352 g/mol. The van der Waals surface area contributed by atoms with Gasteiger partial charge in [0.1, 0.15) is 10.0 Å². The molecule has 0 bridgehead atoms. The maximum Gasteiger partial charge on any atom is 0.286 e. The van der Waals surface area contributed by atoms with Gasteiger partial charge in [0.15, 0.2) is 0 Å². The molecule has 7 nitrogen and oxygen atoms in total. The van der Waals surface area contributed by atoms with Gasteiger partial charge in [-0.1, -0.05) is 16.1 Å². The van der Waals surface area contributed by atoms with Crippen LogP contribution in [0.5, 0.6) is 0 Å². The fourth-order valence-electron chi connectivity index (χ4n) is 1.25. The third-order valence-electron chi connectivity index (χ3n) is 2.07. The Morgan fingerprint density at radius 3 is 2.89 bits per heavy atom. The molecule has 0 unspecified atom stereocenters. The van der Waals surface area contributed by atoms with Crippen LogP contribution in [0.1, 0.15) is 5.69 Å². The molecule has 0 aliphatic carbocycles. The molecule has 0 saturated heterocycles. The van der Waals surface area contributed by atoms with Crippen molar-refractivity contribution in [1.29, 1.82) is 0 Å². The second kappa shape index (κ2) is 5.12. The Bertz CT molecular complexity index is 671. The normalized spacial score (nSPS) is 10.6. The van der Waals surface area contributed by atoms with Crippen molar-refractivity contribution in [3.05, 3.63) is 47.2 Å². The summed E-state index contributed by atoms with van der Waals surface area (Å²) in [5, 5.41) is 14.5. The first-order chi connectivity index (χ1) is 8.49. The minimum absolute atomic E-state index is 0.0362. The number of nitro groups is 1. The molecular weight excluding hydrogens is 348 g/mol. The minimum atomic E-state index is -0.582. The van der Waals surface area contributed by atoms with Crippen LogP contribution in [0.15, 0.2) is 21.5 Å². The molecule has 0 fully saturated rings. The van der Waals surface area contributed by atoms with Crippen LogP contribution in [0.3, 0.4) is 0 Å². The summed E-state index contributed by atoms with van der Waals surface area (Å²) in [7, 11) is 0. The number of pyridine rings is 1. The molecule has 2 aromatic rings. The van der Waals surface area contributed by atoms with Gasteiger partial charge in [-0.15, -0.1) is 5.10 Å². The van der Waals surface area contributed by atoms with Crippen LogP contribution in [0, 0.1) is 10.1 Å². The standard InChI is InChI=1S/C8H4BrClN4O3S/c9-5-1-4(14(16)17)2-13(8(5)15)3-6-7(10)18-12-11-6/h1-2H,3H2. The van der Waals surface area contributed by atoms with E-state index in [4.69, 9.17) is 11.6 Å². The lowest BCUT2D eigenvalue weighted by molar-refractivity contribution is -0.385. The van der Waals surface area contributed by atoms with Gasteiger partial charge in [0.2, 0.25) is 0 Å². The van der Waals surface area contributed by atoms with Crippen LogP contribution >= 0.6 is 39.1 Å². The minimum Gasteiger partial charge on any atom is -0.302 e. The van der Waals surface area contributed by atoms with Crippen LogP contribution in [0.25, 0.3) is 0 Å². The van der Waals surface area contributed by atoms with E-state index in [9.17, 15) is 14.9 Å². The van der Waals surface area contributed by atoms with Crippen molar-refractivity contribution in [2.75, 3.05) is 0 Å². The molecule has 0 radical (unpaired) electrons. The molecule has 0 saturated carbocycles. The lowest BCUT2D eigenvalue weighted by atomic mass is 10.4. The van der Waals surface area contributed by atoms with Gasteiger partial charge in [-0.2, -0.15) is 0 Å². The summed E-state index contributed by atoms with van der Waals surface area (Å²) in [4.78, 5) is 21.9. The van der Waals surface area contributed by atoms with Gasteiger partial charge in [0.25, 0.3) is 11.2 Å². The van der Waals surface area contributed by atoms with Gasteiger partial charge >= 0.3 is 0 Å². The molecular formula is C8H4BrClN4O3S. The Hall–Kier alpha value is -1.32. The van der Waals surface area contributed by atoms with E-state index in [0.29, 0.717) is 10.0 Å². The van der Waals surface area contributed by atoms with E-state index in [0.717, 1.165) is 28.4 Å². The predicted octanol–water partition coefficient (Wildman–Crippen LogP) is 2.07. The highest BCUT2D eigenvalue weighted by molar-refractivity contribution is 9.10. The Morgan fingerprint density at radius 2 is 2.33 bits per heavy atom. The number of hydrogen-bond donors (Lipinski definition) is 0. The highest BCUT2D eigenvalue weighted by Gasteiger charge is 2.14. The first kappa shape index (κ1) is 13.1. The summed E-state index contributed by atoms with van der Waals surface area (Å²) in [5.74, 6) is 0. The van der Waals surface area contributed by atoms with Gasteiger partial charge in [-0.3, -0.25) is 14.9 Å². The SMILES string of the molecule is O=c1c(Br)cc([N+](=O)[O-])cn1Cc1nnsc1Cl. The third kappa shape index (κ3) is 2.57. The molecule has 2 heterocycles. The topological polar surface area (TPSA) is 90.9 Å². The smallest absolute Gasteiger partial charge is 0.286 e. The van der Waals surface area contributed by atoms with E-state index < -0.39 is 10.5 Å². The maximum absolute atomic E-state index is 11.8. The Kier molecular flexibility index (Phi) is 3.73. The van der Waals surface area contributed by atoms with Crippen LogP contribution in [0.4, 0.5) is 5.69 Å². The van der Waals surface area contributed by atoms with Gasteiger partial charge in [-0.25, -0.2) is 0 Å². The monoisotopic (exact) mass is 350 g/mol. The van der Waals surface area contributed by atoms with E-state index in [1.54, 1.807) is 0 Å². The quantitative estimate of drug-likeness (QED) is 0.623. The molecule has 2 aromatic heterocycles. The molecule has 2 rings (SSSR count). The molecule has 0 N–H and O–H groups in total. The van der Waals surface area contributed by atoms with Gasteiger partial charge in [0.05, 0.1) is 22.1 Å². The van der Waals surface area contributed by atoms with Crippen molar-refractivity contribution in [2.45, 2.75) is 6.54 Å². The van der Waals surface area contributed by atoms with E-state index in [-0.39, 0.29) is 16.7 Å². The summed E-state index contributed by atoms with van der Waals surface area (Å²) >= 11 is 9.79. The predicted molar refractivity (Wildman–Crippen MR) is 69.1 cm³/mol. The highest BCUT2D eigenvalue weighted by Crippen LogP contribution is 2.19. The number of aromatic nitrogens is 3. The van der Waals surface area contributed by atoms with Crippen molar-refractivity contribution in [2.24, 2.45) is 0 Å². The van der Waals surface area contributed by atoms with E-state index in [2.05, 4.69) is 25.5 Å². The molecule has 94 valence electrons. The van der Waals surface area contributed by atoms with E-state index in [1.807, 2.05) is 0 Å². The van der Waals surface area contributed by atoms with Crippen molar-refractivity contribution in [3.8, 4) is 0 Å². The third-order valence-corrected chi connectivity index (χ3v) is 3.62. The first-order valence-electron chi connectivity index (χ1n) is 4.50. The van der Waals surface area contributed by atoms with Crippen LogP contribution in [-0.4, -0.2) is 19.1 Å². The van der Waals surface area contributed by atoms with E-state index in [1.165, 1.54) is 0 Å². The molecule has 10 heteroatoms. The molecule has 0 atom stereocenters. The van der Waals surface area contributed by atoms with Gasteiger partial charge in [-0.05, 0) is 15.9 Å². The molecule has 0 aromatic carbocycles. The molecule has 0 aliphatic rings. The number of rotatable bonds is 3. The number of hydrogen-bond acceptors (Lipinski definition) is 6. The summed E-state index contributed by atoms with van der Waals surface area (Å²) < 4.78 is 5.24. The van der Waals surface area contributed by atoms with Crippen molar-refractivity contribution >= 4 is 44.8 Å². The van der Waals surface area contributed by atoms with Crippen LogP contribution < -0.4 is 5.56 Å². The number of halogens is 2. The maximum atomic E-state index is 11.8. The lowest BCUT2D eigenvalue weighted by Crippen LogP contribution is -2.21. The van der Waals surface area contributed by atoms with E-state index >= 15 is 0 Å². The molecule has 18 heavy (non-hydrogen) atoms. The fourth-order valence-corrected chi connectivity index (χ4v) is 2.33. The van der Waals surface area contributed by atoms with Gasteiger partial charge < -0.3 is 4.57 Å². The summed E-state index contributed by atoms with van der Waals surface area (Å²) in [6.45, 7) is 0.0362. The van der Waals surface area contributed by atoms with Gasteiger partial charge in [0, 0.05) is 17.6 Å². The second-order valence-electron chi connectivity index (χ2n) is 3.23. The molecule has 0 amide bonds. The summed E-state index contributed by atoms with van der Waals surface area (Å²) in [6, 6.07) is 1.15. The first-order valence-corrected chi connectivity index (χ1v) is 6.44. The zero-order chi connectivity index (χ0) is 13.3. The lowest BCUT2D eigenvalue weighted by Gasteiger charge is -2.04. The second-order valence-corrected chi connectivity index (χ2v) is 5.44. The Morgan fingerprint density at radius 1 is 1.61 bits per heavy atom. The largest absolute Gasteiger partial charge is 0.302 e. The molecule has 0 spiro atoms. The highest BCUT2D eigenvalue weighted by atomic mass is 79.9. The summed E-state index contributed by atoms with van der Waals surface area (Å²) in [6.07, 6.45) is 1.14. The van der Waals surface area contributed by atoms with Crippen molar-refractivity contribution in [3.63, 3.8) is 0 Å². The zero-order valence-electron chi connectivity index (χ0n) is 8.54. The Labute approximate surface area is 117 Å².